The van der Waals surface area contributed by atoms with E-state index >= 15 is 0 Å². The van der Waals surface area contributed by atoms with E-state index in [1.165, 1.54) is 6.07 Å². The molecule has 0 aliphatic heterocycles. The van der Waals surface area contributed by atoms with Gasteiger partial charge in [0.1, 0.15) is 5.82 Å². The fraction of sp³-hybridized carbons (Fsp3) is 0.200. The Bertz CT molecular complexity index is 631. The molecule has 0 radical (unpaired) electrons. The number of aromatic nitrogens is 1. The van der Waals surface area contributed by atoms with E-state index in [9.17, 15) is 4.39 Å². The molecule has 21 heavy (non-hydrogen) atoms. The average Bonchev–Trinajstić information content (AvgIpc) is 2.49. The van der Waals surface area contributed by atoms with Gasteiger partial charge in [-0.3, -0.25) is 9.88 Å². The van der Waals surface area contributed by atoms with Crippen LogP contribution in [-0.2, 0) is 13.1 Å². The fourth-order valence-electron chi connectivity index (χ4n) is 2.04. The lowest BCUT2D eigenvalue weighted by atomic mass is 10.1. The van der Waals surface area contributed by atoms with Crippen molar-refractivity contribution in [3.05, 3.63) is 65.2 Å². The van der Waals surface area contributed by atoms with Gasteiger partial charge in [0.15, 0.2) is 5.84 Å². The normalized spacial score (nSPS) is 11.9. The Kier molecular flexibility index (Phi) is 4.84. The first-order valence-electron chi connectivity index (χ1n) is 6.44. The predicted molar refractivity (Wildman–Crippen MR) is 78.3 cm³/mol. The van der Waals surface area contributed by atoms with Crippen LogP contribution in [0.1, 0.15) is 16.7 Å². The lowest BCUT2D eigenvalue weighted by Crippen LogP contribution is -2.19. The third-order valence-electron chi connectivity index (χ3n) is 3.10. The largest absolute Gasteiger partial charge is 0.409 e. The Morgan fingerprint density at radius 1 is 1.29 bits per heavy atom. The van der Waals surface area contributed by atoms with Crippen molar-refractivity contribution < 1.29 is 9.60 Å². The highest BCUT2D eigenvalue weighted by Crippen LogP contribution is 2.14. The van der Waals surface area contributed by atoms with Gasteiger partial charge in [-0.05, 0) is 30.8 Å². The number of nitrogens with two attached hydrogens (primary N) is 1. The van der Waals surface area contributed by atoms with Gasteiger partial charge in [0, 0.05) is 36.6 Å². The maximum absolute atomic E-state index is 14.0. The van der Waals surface area contributed by atoms with Crippen LogP contribution in [-0.4, -0.2) is 28.0 Å². The van der Waals surface area contributed by atoms with Gasteiger partial charge < -0.3 is 10.9 Å². The van der Waals surface area contributed by atoms with Crippen LogP contribution in [0.15, 0.2) is 47.9 Å². The number of hydrogen-bond donors (Lipinski definition) is 2. The Balaban J connectivity index is 2.06. The summed E-state index contributed by atoms with van der Waals surface area (Å²) in [5.41, 5.74) is 7.46. The fourth-order valence-corrected chi connectivity index (χ4v) is 2.04. The van der Waals surface area contributed by atoms with Crippen molar-refractivity contribution in [2.24, 2.45) is 10.9 Å². The molecule has 3 N–H and O–H groups in total. The van der Waals surface area contributed by atoms with E-state index in [1.54, 1.807) is 24.5 Å². The summed E-state index contributed by atoms with van der Waals surface area (Å²) in [7, 11) is 1.91. The number of nitrogens with zero attached hydrogens (tertiary/aromatic N) is 3. The number of amidine groups is 1. The SMILES string of the molecule is CN(Cc1ccncc1)Cc1ccc(/C(N)=N/O)cc1F. The standard InChI is InChI=1S/C15H17FN4O/c1-20(9-11-4-6-18-7-5-11)10-13-3-2-12(8-14(13)16)15(17)19-21/h2-8,21H,9-10H2,1H3,(H2,17,19). The minimum absolute atomic E-state index is 0.106. The highest BCUT2D eigenvalue weighted by molar-refractivity contribution is 5.97. The minimum Gasteiger partial charge on any atom is -0.409 e. The number of hydrogen-bond acceptors (Lipinski definition) is 4. The highest BCUT2D eigenvalue weighted by Gasteiger charge is 2.09. The van der Waals surface area contributed by atoms with Gasteiger partial charge in [-0.1, -0.05) is 17.3 Å². The zero-order valence-corrected chi connectivity index (χ0v) is 11.7. The summed E-state index contributed by atoms with van der Waals surface area (Å²) in [6, 6.07) is 8.40. The molecule has 1 heterocycles. The summed E-state index contributed by atoms with van der Waals surface area (Å²) in [6.07, 6.45) is 3.46. The summed E-state index contributed by atoms with van der Waals surface area (Å²) in [5, 5.41) is 11.4. The van der Waals surface area contributed by atoms with Crippen LogP contribution in [0.5, 0.6) is 0 Å². The number of halogens is 1. The zero-order chi connectivity index (χ0) is 15.2. The minimum atomic E-state index is -0.374. The van der Waals surface area contributed by atoms with Crippen molar-refractivity contribution in [1.82, 2.24) is 9.88 Å². The molecule has 2 aromatic rings. The molecule has 0 unspecified atom stereocenters. The second-order valence-electron chi connectivity index (χ2n) is 4.82. The lowest BCUT2D eigenvalue weighted by Gasteiger charge is -2.17. The van der Waals surface area contributed by atoms with Gasteiger partial charge in [-0.15, -0.1) is 0 Å². The molecule has 5 nitrogen and oxygen atoms in total. The average molecular weight is 288 g/mol. The molecule has 1 aromatic carbocycles. The molecule has 0 atom stereocenters. The van der Waals surface area contributed by atoms with Gasteiger partial charge in [-0.25, -0.2) is 4.39 Å². The second-order valence-corrected chi connectivity index (χ2v) is 4.82. The molecule has 110 valence electrons. The van der Waals surface area contributed by atoms with E-state index < -0.39 is 0 Å². The number of oxime groups is 1. The van der Waals surface area contributed by atoms with Crippen LogP contribution in [0.4, 0.5) is 4.39 Å². The summed E-state index contributed by atoms with van der Waals surface area (Å²) in [6.45, 7) is 1.16. The van der Waals surface area contributed by atoms with E-state index in [-0.39, 0.29) is 11.7 Å². The van der Waals surface area contributed by atoms with Crippen LogP contribution in [0.2, 0.25) is 0 Å². The number of benzene rings is 1. The molecule has 6 heteroatoms. The first-order chi connectivity index (χ1) is 10.1. The Morgan fingerprint density at radius 2 is 2.00 bits per heavy atom. The molecule has 0 spiro atoms. The van der Waals surface area contributed by atoms with E-state index in [4.69, 9.17) is 10.9 Å². The zero-order valence-electron chi connectivity index (χ0n) is 11.7. The van der Waals surface area contributed by atoms with E-state index in [0.29, 0.717) is 24.2 Å². The van der Waals surface area contributed by atoms with Crippen molar-refractivity contribution in [2.45, 2.75) is 13.1 Å². The lowest BCUT2D eigenvalue weighted by molar-refractivity contribution is 0.313. The smallest absolute Gasteiger partial charge is 0.170 e. The van der Waals surface area contributed by atoms with E-state index in [1.807, 2.05) is 24.1 Å². The van der Waals surface area contributed by atoms with Crippen LogP contribution >= 0.6 is 0 Å². The second kappa shape index (κ2) is 6.81. The molecular weight excluding hydrogens is 271 g/mol. The van der Waals surface area contributed by atoms with Crippen LogP contribution in [0, 0.1) is 5.82 Å². The van der Waals surface area contributed by atoms with E-state index in [0.717, 1.165) is 5.56 Å². The quantitative estimate of drug-likeness (QED) is 0.382. The molecular formula is C15H17FN4O. The first-order valence-corrected chi connectivity index (χ1v) is 6.44. The maximum atomic E-state index is 14.0. The third kappa shape index (κ3) is 4.00. The summed E-state index contributed by atoms with van der Waals surface area (Å²) in [4.78, 5) is 5.96. The van der Waals surface area contributed by atoms with Crippen molar-refractivity contribution >= 4 is 5.84 Å². The predicted octanol–water partition coefficient (Wildman–Crippen LogP) is 1.95. The van der Waals surface area contributed by atoms with Gasteiger partial charge in [0.2, 0.25) is 0 Å². The summed E-state index contributed by atoms with van der Waals surface area (Å²) < 4.78 is 14.0. The number of pyridine rings is 1. The maximum Gasteiger partial charge on any atom is 0.170 e. The summed E-state index contributed by atoms with van der Waals surface area (Å²) >= 11 is 0. The molecule has 1 aromatic heterocycles. The molecule has 2 rings (SSSR count). The Morgan fingerprint density at radius 3 is 2.62 bits per heavy atom. The first kappa shape index (κ1) is 14.9. The third-order valence-corrected chi connectivity index (χ3v) is 3.10. The van der Waals surface area contributed by atoms with Gasteiger partial charge in [0.05, 0.1) is 0 Å². The highest BCUT2D eigenvalue weighted by atomic mass is 19.1. The van der Waals surface area contributed by atoms with E-state index in [2.05, 4.69) is 10.1 Å². The molecule has 0 saturated carbocycles. The van der Waals surface area contributed by atoms with Crippen LogP contribution in [0.3, 0.4) is 0 Å². The van der Waals surface area contributed by atoms with Crippen molar-refractivity contribution in [2.75, 3.05) is 7.05 Å². The van der Waals surface area contributed by atoms with Gasteiger partial charge in [0.25, 0.3) is 0 Å². The molecule has 0 saturated heterocycles. The molecule has 0 bridgehead atoms. The van der Waals surface area contributed by atoms with Crippen LogP contribution in [0.25, 0.3) is 0 Å². The molecule has 0 fully saturated rings. The van der Waals surface area contributed by atoms with Gasteiger partial charge >= 0.3 is 0 Å². The number of rotatable bonds is 5. The topological polar surface area (TPSA) is 74.7 Å². The van der Waals surface area contributed by atoms with Gasteiger partial charge in [-0.2, -0.15) is 0 Å². The van der Waals surface area contributed by atoms with Crippen LogP contribution < -0.4 is 5.73 Å². The molecule has 0 amide bonds. The monoisotopic (exact) mass is 288 g/mol. The molecule has 0 aliphatic carbocycles. The van der Waals surface area contributed by atoms with Crippen molar-refractivity contribution in [3.63, 3.8) is 0 Å². The Hall–Kier alpha value is -2.47. The summed E-state index contributed by atoms with van der Waals surface area (Å²) in [5.74, 6) is -0.480. The molecule has 0 aliphatic rings. The van der Waals surface area contributed by atoms with Crippen molar-refractivity contribution in [3.8, 4) is 0 Å². The Labute approximate surface area is 122 Å². The van der Waals surface area contributed by atoms with Crippen molar-refractivity contribution in [1.29, 1.82) is 0 Å².